The molecule has 1 atom stereocenters. The van der Waals surface area contributed by atoms with Gasteiger partial charge in [0.2, 0.25) is 5.75 Å². The predicted molar refractivity (Wildman–Crippen MR) is 113 cm³/mol. The molecule has 0 saturated carbocycles. The number of carboxylic acids is 1. The highest BCUT2D eigenvalue weighted by Crippen LogP contribution is 2.46. The molecule has 6 nitrogen and oxygen atoms in total. The van der Waals surface area contributed by atoms with Gasteiger partial charge in [0.1, 0.15) is 0 Å². The Balaban J connectivity index is 2.30. The Morgan fingerprint density at radius 1 is 1.07 bits per heavy atom. The number of methoxy groups -OCH3 is 3. The molecule has 0 aliphatic rings. The van der Waals surface area contributed by atoms with E-state index < -0.39 is 5.97 Å². The average molecular weight is 397 g/mol. The molecule has 1 heterocycles. The summed E-state index contributed by atoms with van der Waals surface area (Å²) in [5.74, 6) is 1.01. The summed E-state index contributed by atoms with van der Waals surface area (Å²) in [5, 5.41) is 10.5. The molecule has 1 unspecified atom stereocenters. The second-order valence-electron chi connectivity index (χ2n) is 7.05. The molecule has 3 rings (SSSR count). The van der Waals surface area contributed by atoms with Crippen LogP contribution >= 0.6 is 0 Å². The fourth-order valence-corrected chi connectivity index (χ4v) is 3.67. The fraction of sp³-hybridized carbons (Fsp3) is 0.348. The zero-order chi connectivity index (χ0) is 21.1. The van der Waals surface area contributed by atoms with Crippen LogP contribution in [0.2, 0.25) is 0 Å². The Hall–Kier alpha value is -3.15. The third-order valence-corrected chi connectivity index (χ3v) is 5.41. The van der Waals surface area contributed by atoms with Gasteiger partial charge in [0.25, 0.3) is 0 Å². The van der Waals surface area contributed by atoms with Crippen molar-refractivity contribution in [2.45, 2.75) is 32.6 Å². The van der Waals surface area contributed by atoms with E-state index in [-0.39, 0.29) is 6.42 Å². The van der Waals surface area contributed by atoms with Crippen molar-refractivity contribution in [3.8, 4) is 28.5 Å². The highest BCUT2D eigenvalue weighted by molar-refractivity contribution is 5.95. The number of carbonyl (C=O) groups is 1. The lowest BCUT2D eigenvalue weighted by atomic mass is 9.95. The number of fused-ring (bicyclic) bond motifs is 1. The van der Waals surface area contributed by atoms with E-state index >= 15 is 0 Å². The maximum absolute atomic E-state index is 11.7. The van der Waals surface area contributed by atoms with E-state index in [1.807, 2.05) is 12.1 Å². The maximum Gasteiger partial charge on any atom is 0.307 e. The van der Waals surface area contributed by atoms with Crippen LogP contribution in [-0.2, 0) is 11.2 Å². The number of hydrogen-bond donors (Lipinski definition) is 2. The summed E-state index contributed by atoms with van der Waals surface area (Å²) in [6.45, 7) is 4.31. The van der Waals surface area contributed by atoms with Gasteiger partial charge in [-0.15, -0.1) is 0 Å². The number of ether oxygens (including phenoxy) is 3. The van der Waals surface area contributed by atoms with Gasteiger partial charge in [-0.3, -0.25) is 4.79 Å². The molecule has 0 amide bonds. The first-order chi connectivity index (χ1) is 13.9. The van der Waals surface area contributed by atoms with Crippen LogP contribution in [0, 0.1) is 0 Å². The van der Waals surface area contributed by atoms with E-state index in [0.717, 1.165) is 28.5 Å². The van der Waals surface area contributed by atoms with Crippen molar-refractivity contribution in [2.24, 2.45) is 0 Å². The molecule has 2 N–H and O–H groups in total. The Morgan fingerprint density at radius 3 is 2.38 bits per heavy atom. The van der Waals surface area contributed by atoms with Crippen molar-refractivity contribution in [3.63, 3.8) is 0 Å². The zero-order valence-electron chi connectivity index (χ0n) is 17.5. The van der Waals surface area contributed by atoms with Crippen molar-refractivity contribution in [3.05, 3.63) is 41.5 Å². The number of aliphatic carboxylic acids is 1. The predicted octanol–water partition coefficient (Wildman–Crippen LogP) is 5.00. The molecule has 0 aliphatic heterocycles. The molecule has 0 radical (unpaired) electrons. The third kappa shape index (κ3) is 3.75. The highest BCUT2D eigenvalue weighted by atomic mass is 16.5. The molecule has 0 bridgehead atoms. The first-order valence-corrected chi connectivity index (χ1v) is 9.60. The van der Waals surface area contributed by atoms with Crippen LogP contribution in [0.15, 0.2) is 30.3 Å². The number of hydrogen-bond acceptors (Lipinski definition) is 4. The van der Waals surface area contributed by atoms with Crippen LogP contribution < -0.4 is 14.2 Å². The standard InChI is InChI=1S/C23H27NO5/c1-6-13(2)14-7-9-18-16(11-14)17(12-20(25)26)21(24-18)15-8-10-19(27-3)23(29-5)22(15)28-4/h7-11,13,24H,6,12H2,1-5H3,(H,25,26). The van der Waals surface area contributed by atoms with Gasteiger partial charge in [0.05, 0.1) is 33.4 Å². The lowest BCUT2D eigenvalue weighted by Crippen LogP contribution is -2.02. The van der Waals surface area contributed by atoms with Crippen molar-refractivity contribution in [1.29, 1.82) is 0 Å². The minimum atomic E-state index is -0.888. The molecule has 6 heteroatoms. The molecule has 0 fully saturated rings. The lowest BCUT2D eigenvalue weighted by Gasteiger charge is -2.16. The lowest BCUT2D eigenvalue weighted by molar-refractivity contribution is -0.136. The van der Waals surface area contributed by atoms with Gasteiger partial charge in [-0.25, -0.2) is 0 Å². The molecule has 0 aliphatic carbocycles. The first-order valence-electron chi connectivity index (χ1n) is 9.60. The van der Waals surface area contributed by atoms with Gasteiger partial charge in [0, 0.05) is 16.5 Å². The number of nitrogens with one attached hydrogen (secondary N) is 1. The summed E-state index contributed by atoms with van der Waals surface area (Å²) < 4.78 is 16.5. The summed E-state index contributed by atoms with van der Waals surface area (Å²) in [5.41, 5.74) is 4.24. The molecule has 3 aromatic rings. The second-order valence-corrected chi connectivity index (χ2v) is 7.05. The molecular formula is C23H27NO5. The number of aromatic amines is 1. The van der Waals surface area contributed by atoms with Crippen LogP contribution in [-0.4, -0.2) is 37.4 Å². The quantitative estimate of drug-likeness (QED) is 0.559. The molecule has 0 saturated heterocycles. The monoisotopic (exact) mass is 397 g/mol. The Morgan fingerprint density at radius 2 is 1.79 bits per heavy atom. The molecule has 29 heavy (non-hydrogen) atoms. The molecule has 0 spiro atoms. The van der Waals surface area contributed by atoms with E-state index in [9.17, 15) is 9.90 Å². The van der Waals surface area contributed by atoms with Gasteiger partial charge in [-0.05, 0) is 47.7 Å². The topological polar surface area (TPSA) is 80.8 Å². The molecular weight excluding hydrogens is 370 g/mol. The minimum Gasteiger partial charge on any atom is -0.493 e. The van der Waals surface area contributed by atoms with Crippen LogP contribution in [0.1, 0.15) is 37.3 Å². The van der Waals surface area contributed by atoms with E-state index in [4.69, 9.17) is 14.2 Å². The fourth-order valence-electron chi connectivity index (χ4n) is 3.67. The summed E-state index contributed by atoms with van der Waals surface area (Å²) in [7, 11) is 4.67. The summed E-state index contributed by atoms with van der Waals surface area (Å²) >= 11 is 0. The van der Waals surface area contributed by atoms with Crippen LogP contribution in [0.5, 0.6) is 17.2 Å². The summed E-state index contributed by atoms with van der Waals surface area (Å²) in [6, 6.07) is 9.84. The van der Waals surface area contributed by atoms with Crippen molar-refractivity contribution in [1.82, 2.24) is 4.98 Å². The third-order valence-electron chi connectivity index (χ3n) is 5.41. The Labute approximate surface area is 170 Å². The highest BCUT2D eigenvalue weighted by Gasteiger charge is 2.23. The Kier molecular flexibility index (Phi) is 6.01. The van der Waals surface area contributed by atoms with Gasteiger partial charge in [0.15, 0.2) is 11.5 Å². The molecule has 2 aromatic carbocycles. The zero-order valence-corrected chi connectivity index (χ0v) is 17.5. The van der Waals surface area contributed by atoms with Gasteiger partial charge in [-0.1, -0.05) is 19.9 Å². The number of aromatic nitrogens is 1. The number of H-pyrrole nitrogens is 1. The van der Waals surface area contributed by atoms with Crippen LogP contribution in [0.3, 0.4) is 0 Å². The number of benzene rings is 2. The van der Waals surface area contributed by atoms with Gasteiger partial charge >= 0.3 is 5.97 Å². The first kappa shape index (κ1) is 20.6. The smallest absolute Gasteiger partial charge is 0.307 e. The van der Waals surface area contributed by atoms with E-state index in [2.05, 4.69) is 31.0 Å². The van der Waals surface area contributed by atoms with Crippen molar-refractivity contribution in [2.75, 3.05) is 21.3 Å². The SMILES string of the molecule is CCC(C)c1ccc2[nH]c(-c3ccc(OC)c(OC)c3OC)c(CC(=O)O)c2c1. The van der Waals surface area contributed by atoms with Crippen molar-refractivity contribution >= 4 is 16.9 Å². The maximum atomic E-state index is 11.7. The van der Waals surface area contributed by atoms with E-state index in [0.29, 0.717) is 28.9 Å². The summed E-state index contributed by atoms with van der Waals surface area (Å²) in [4.78, 5) is 15.1. The second kappa shape index (κ2) is 8.47. The van der Waals surface area contributed by atoms with E-state index in [1.165, 1.54) is 5.56 Å². The minimum absolute atomic E-state index is 0.100. The number of rotatable bonds is 8. The van der Waals surface area contributed by atoms with Gasteiger partial charge < -0.3 is 24.3 Å². The summed E-state index contributed by atoms with van der Waals surface area (Å²) in [6.07, 6.45) is 0.914. The average Bonchev–Trinajstić information content (AvgIpc) is 3.08. The van der Waals surface area contributed by atoms with E-state index in [1.54, 1.807) is 27.4 Å². The van der Waals surface area contributed by atoms with Crippen LogP contribution in [0.4, 0.5) is 0 Å². The van der Waals surface area contributed by atoms with Crippen molar-refractivity contribution < 1.29 is 24.1 Å². The molecule has 154 valence electrons. The Bertz CT molecular complexity index is 1040. The van der Waals surface area contributed by atoms with Gasteiger partial charge in [-0.2, -0.15) is 0 Å². The number of carboxylic acid groups (broad SMARTS) is 1. The largest absolute Gasteiger partial charge is 0.493 e. The molecule has 1 aromatic heterocycles. The normalized spacial score (nSPS) is 12.0. The van der Waals surface area contributed by atoms with Crippen LogP contribution in [0.25, 0.3) is 22.2 Å².